The average Bonchev–Trinajstić information content (AvgIpc) is 2.28. The van der Waals surface area contributed by atoms with E-state index in [2.05, 4.69) is 31.2 Å². The lowest BCUT2D eigenvalue weighted by molar-refractivity contribution is 0.363. The Kier molecular flexibility index (Phi) is 5.59. The monoisotopic (exact) mass is 238 g/mol. The first-order valence-electron chi connectivity index (χ1n) is 6.18. The lowest BCUT2D eigenvalue weighted by atomic mass is 10.0. The number of hydrogen-bond donors (Lipinski definition) is 1. The summed E-state index contributed by atoms with van der Waals surface area (Å²) in [4.78, 5) is 2.17. The molecular formula is C14H23FN2. The van der Waals surface area contributed by atoms with Crippen molar-refractivity contribution >= 4 is 0 Å². The van der Waals surface area contributed by atoms with E-state index in [4.69, 9.17) is 0 Å². The smallest absolute Gasteiger partial charge is 0.126 e. The van der Waals surface area contributed by atoms with Crippen LogP contribution in [0.3, 0.4) is 0 Å². The van der Waals surface area contributed by atoms with Crippen LogP contribution >= 0.6 is 0 Å². The highest BCUT2D eigenvalue weighted by molar-refractivity contribution is 5.26. The molecule has 0 saturated heterocycles. The Labute approximate surface area is 104 Å². The van der Waals surface area contributed by atoms with Crippen LogP contribution in [0.25, 0.3) is 0 Å². The van der Waals surface area contributed by atoms with Gasteiger partial charge in [0.25, 0.3) is 0 Å². The Morgan fingerprint density at radius 2 is 2.06 bits per heavy atom. The third kappa shape index (κ3) is 4.44. The molecule has 96 valence electrons. The van der Waals surface area contributed by atoms with Gasteiger partial charge >= 0.3 is 0 Å². The van der Waals surface area contributed by atoms with E-state index < -0.39 is 0 Å². The van der Waals surface area contributed by atoms with Crippen LogP contribution in [-0.2, 0) is 0 Å². The largest absolute Gasteiger partial charge is 0.310 e. The van der Waals surface area contributed by atoms with Crippen LogP contribution < -0.4 is 5.32 Å². The lowest BCUT2D eigenvalue weighted by Gasteiger charge is -2.21. The molecule has 1 N–H and O–H groups in total. The summed E-state index contributed by atoms with van der Waals surface area (Å²) in [5.41, 5.74) is 1.89. The summed E-state index contributed by atoms with van der Waals surface area (Å²) < 4.78 is 13.2. The molecule has 1 unspecified atom stereocenters. The maximum Gasteiger partial charge on any atom is 0.126 e. The van der Waals surface area contributed by atoms with Crippen LogP contribution in [0.4, 0.5) is 4.39 Å². The number of benzene rings is 1. The van der Waals surface area contributed by atoms with Gasteiger partial charge in [0.05, 0.1) is 0 Å². The molecule has 0 amide bonds. The molecule has 0 bridgehead atoms. The van der Waals surface area contributed by atoms with Gasteiger partial charge in [-0.1, -0.05) is 19.1 Å². The van der Waals surface area contributed by atoms with Crippen molar-refractivity contribution in [1.29, 1.82) is 0 Å². The number of nitrogens with one attached hydrogen (secondary N) is 1. The summed E-state index contributed by atoms with van der Waals surface area (Å²) in [7, 11) is 4.14. The van der Waals surface area contributed by atoms with Gasteiger partial charge < -0.3 is 10.2 Å². The van der Waals surface area contributed by atoms with Crippen molar-refractivity contribution in [3.63, 3.8) is 0 Å². The first-order chi connectivity index (χ1) is 8.04. The topological polar surface area (TPSA) is 15.3 Å². The number of halogens is 1. The molecule has 1 atom stereocenters. The Morgan fingerprint density at radius 3 is 2.59 bits per heavy atom. The Bertz CT molecular complexity index is 350. The Morgan fingerprint density at radius 1 is 1.35 bits per heavy atom. The van der Waals surface area contributed by atoms with Crippen LogP contribution in [0.1, 0.15) is 30.5 Å². The standard InChI is InChI=1S/C14H23FN2/c1-5-16-14(8-9-17(3)4)12-6-7-13(15)11(2)10-12/h6-7,10,14,16H,5,8-9H2,1-4H3. The SMILES string of the molecule is CCNC(CCN(C)C)c1ccc(F)c(C)c1. The quantitative estimate of drug-likeness (QED) is 0.820. The molecule has 0 saturated carbocycles. The van der Waals surface area contributed by atoms with E-state index in [0.29, 0.717) is 6.04 Å². The minimum absolute atomic E-state index is 0.128. The summed E-state index contributed by atoms with van der Waals surface area (Å²) in [6.07, 6.45) is 1.03. The molecule has 0 aromatic heterocycles. The van der Waals surface area contributed by atoms with Crippen molar-refractivity contribution in [2.45, 2.75) is 26.3 Å². The minimum Gasteiger partial charge on any atom is -0.310 e. The fourth-order valence-corrected chi connectivity index (χ4v) is 1.90. The molecule has 2 nitrogen and oxygen atoms in total. The van der Waals surface area contributed by atoms with Crippen molar-refractivity contribution in [2.24, 2.45) is 0 Å². The number of hydrogen-bond acceptors (Lipinski definition) is 2. The van der Waals surface area contributed by atoms with E-state index in [1.807, 2.05) is 19.1 Å². The highest BCUT2D eigenvalue weighted by atomic mass is 19.1. The predicted octanol–water partition coefficient (Wildman–Crippen LogP) is 2.74. The van der Waals surface area contributed by atoms with Crippen molar-refractivity contribution in [3.05, 3.63) is 35.1 Å². The van der Waals surface area contributed by atoms with Gasteiger partial charge in [0, 0.05) is 6.04 Å². The Balaban J connectivity index is 2.77. The van der Waals surface area contributed by atoms with Crippen molar-refractivity contribution < 1.29 is 4.39 Å². The molecule has 1 rings (SSSR count). The first kappa shape index (κ1) is 14.1. The highest BCUT2D eigenvalue weighted by Crippen LogP contribution is 2.19. The van der Waals surface area contributed by atoms with E-state index >= 15 is 0 Å². The van der Waals surface area contributed by atoms with Gasteiger partial charge in [-0.25, -0.2) is 4.39 Å². The normalized spacial score (nSPS) is 13.1. The second-order valence-corrected chi connectivity index (χ2v) is 4.71. The molecule has 0 radical (unpaired) electrons. The highest BCUT2D eigenvalue weighted by Gasteiger charge is 2.11. The van der Waals surface area contributed by atoms with E-state index in [0.717, 1.165) is 25.1 Å². The maximum absolute atomic E-state index is 13.2. The fraction of sp³-hybridized carbons (Fsp3) is 0.571. The summed E-state index contributed by atoms with van der Waals surface area (Å²) in [5, 5.41) is 3.45. The zero-order valence-electron chi connectivity index (χ0n) is 11.3. The van der Waals surface area contributed by atoms with E-state index in [1.54, 1.807) is 6.07 Å². The summed E-state index contributed by atoms with van der Waals surface area (Å²) in [5.74, 6) is -0.128. The maximum atomic E-state index is 13.2. The third-order valence-corrected chi connectivity index (χ3v) is 2.90. The molecule has 0 aliphatic carbocycles. The van der Waals surface area contributed by atoms with Gasteiger partial charge in [-0.05, 0) is 57.7 Å². The third-order valence-electron chi connectivity index (χ3n) is 2.90. The second kappa shape index (κ2) is 6.72. The van der Waals surface area contributed by atoms with Gasteiger partial charge in [-0.15, -0.1) is 0 Å². The van der Waals surface area contributed by atoms with E-state index in [1.165, 1.54) is 5.56 Å². The summed E-state index contributed by atoms with van der Waals surface area (Å²) in [6, 6.07) is 5.69. The molecule has 1 aromatic rings. The van der Waals surface area contributed by atoms with Crippen molar-refractivity contribution in [1.82, 2.24) is 10.2 Å². The van der Waals surface area contributed by atoms with Gasteiger partial charge in [-0.3, -0.25) is 0 Å². The minimum atomic E-state index is -0.128. The molecule has 3 heteroatoms. The molecule has 0 aliphatic heterocycles. The molecule has 0 heterocycles. The van der Waals surface area contributed by atoms with E-state index in [9.17, 15) is 4.39 Å². The summed E-state index contributed by atoms with van der Waals surface area (Å²) in [6.45, 7) is 5.86. The molecule has 0 fully saturated rings. The van der Waals surface area contributed by atoms with Gasteiger partial charge in [0.15, 0.2) is 0 Å². The number of nitrogens with zero attached hydrogens (tertiary/aromatic N) is 1. The molecule has 1 aromatic carbocycles. The zero-order valence-corrected chi connectivity index (χ0v) is 11.3. The second-order valence-electron chi connectivity index (χ2n) is 4.71. The molecule has 17 heavy (non-hydrogen) atoms. The average molecular weight is 238 g/mol. The van der Waals surface area contributed by atoms with Gasteiger partial charge in [-0.2, -0.15) is 0 Å². The van der Waals surface area contributed by atoms with Gasteiger partial charge in [0.1, 0.15) is 5.82 Å². The molecular weight excluding hydrogens is 215 g/mol. The Hall–Kier alpha value is -0.930. The van der Waals surface area contributed by atoms with Gasteiger partial charge in [0.2, 0.25) is 0 Å². The summed E-state index contributed by atoms with van der Waals surface area (Å²) >= 11 is 0. The van der Waals surface area contributed by atoms with Crippen LogP contribution in [0.2, 0.25) is 0 Å². The number of rotatable bonds is 6. The van der Waals surface area contributed by atoms with Crippen molar-refractivity contribution in [2.75, 3.05) is 27.2 Å². The zero-order chi connectivity index (χ0) is 12.8. The van der Waals surface area contributed by atoms with Crippen LogP contribution in [0.15, 0.2) is 18.2 Å². The number of aryl methyl sites for hydroxylation is 1. The predicted molar refractivity (Wildman–Crippen MR) is 70.7 cm³/mol. The lowest BCUT2D eigenvalue weighted by Crippen LogP contribution is -2.25. The van der Waals surface area contributed by atoms with Crippen molar-refractivity contribution in [3.8, 4) is 0 Å². The van der Waals surface area contributed by atoms with Crippen LogP contribution in [0, 0.1) is 12.7 Å². The van der Waals surface area contributed by atoms with Crippen LogP contribution in [-0.4, -0.2) is 32.1 Å². The van der Waals surface area contributed by atoms with Crippen LogP contribution in [0.5, 0.6) is 0 Å². The first-order valence-corrected chi connectivity index (χ1v) is 6.18. The fourth-order valence-electron chi connectivity index (χ4n) is 1.90. The van der Waals surface area contributed by atoms with E-state index in [-0.39, 0.29) is 5.82 Å². The molecule has 0 spiro atoms. The molecule has 0 aliphatic rings.